The van der Waals surface area contributed by atoms with Gasteiger partial charge in [0, 0.05) is 38.5 Å². The molecule has 1 fully saturated rings. The fourth-order valence-corrected chi connectivity index (χ4v) is 3.17. The molecule has 1 amide bonds. The second kappa shape index (κ2) is 11.7. The molecular weight excluding hydrogens is 465 g/mol. The molecule has 1 aliphatic heterocycles. The highest BCUT2D eigenvalue weighted by atomic mass is 127. The molecule has 1 saturated heterocycles. The number of nitrogens with zero attached hydrogens (tertiary/aromatic N) is 3. The molecule has 0 spiro atoms. The van der Waals surface area contributed by atoms with Gasteiger partial charge in [-0.2, -0.15) is 0 Å². The standard InChI is InChI=1S/C17H29N5O2S.HI/c1-12(2)14-11-25-15(21-14)8-19-17(20-9-16(23)22(3)4)18-7-13-5-6-24-10-13;/h11-13H,5-10H2,1-4H3,(H2,18,19,20);1H. The second-order valence-electron chi connectivity index (χ2n) is 6.74. The third kappa shape index (κ3) is 7.75. The number of carbonyl (C=O) groups is 1. The van der Waals surface area contributed by atoms with Crippen molar-refractivity contribution < 1.29 is 9.53 Å². The van der Waals surface area contributed by atoms with Crippen LogP contribution in [0.25, 0.3) is 0 Å². The molecule has 2 N–H and O–H groups in total. The van der Waals surface area contributed by atoms with E-state index in [1.807, 2.05) is 0 Å². The average molecular weight is 495 g/mol. The van der Waals surface area contributed by atoms with Crippen molar-refractivity contribution in [2.45, 2.75) is 32.7 Å². The minimum Gasteiger partial charge on any atom is -0.381 e. The fraction of sp³-hybridized carbons (Fsp3) is 0.706. The number of ether oxygens (including phenoxy) is 1. The maximum Gasteiger partial charge on any atom is 0.243 e. The summed E-state index contributed by atoms with van der Waals surface area (Å²) in [5.41, 5.74) is 1.11. The number of amides is 1. The number of hydrogen-bond donors (Lipinski definition) is 2. The van der Waals surface area contributed by atoms with Crippen LogP contribution in [0, 0.1) is 5.92 Å². The minimum atomic E-state index is -0.0263. The zero-order valence-electron chi connectivity index (χ0n) is 15.9. The summed E-state index contributed by atoms with van der Waals surface area (Å²) >= 11 is 1.64. The molecule has 2 heterocycles. The Kier molecular flexibility index (Phi) is 10.4. The van der Waals surface area contributed by atoms with Gasteiger partial charge in [0.05, 0.1) is 18.8 Å². The Bertz CT molecular complexity index is 585. The lowest BCUT2D eigenvalue weighted by Crippen LogP contribution is -2.40. The largest absolute Gasteiger partial charge is 0.381 e. The normalized spacial score (nSPS) is 17.1. The predicted octanol–water partition coefficient (Wildman–Crippen LogP) is 2.04. The van der Waals surface area contributed by atoms with E-state index in [9.17, 15) is 4.79 Å². The van der Waals surface area contributed by atoms with E-state index >= 15 is 0 Å². The molecular formula is C17H30IN5O2S. The van der Waals surface area contributed by atoms with E-state index in [0.717, 1.165) is 36.9 Å². The minimum absolute atomic E-state index is 0. The van der Waals surface area contributed by atoms with Crippen LogP contribution in [-0.2, 0) is 16.1 Å². The summed E-state index contributed by atoms with van der Waals surface area (Å²) in [7, 11) is 3.47. The van der Waals surface area contributed by atoms with Gasteiger partial charge < -0.3 is 20.3 Å². The lowest BCUT2D eigenvalue weighted by atomic mass is 10.1. The molecule has 26 heavy (non-hydrogen) atoms. The highest BCUT2D eigenvalue weighted by Crippen LogP contribution is 2.17. The Morgan fingerprint density at radius 1 is 1.46 bits per heavy atom. The summed E-state index contributed by atoms with van der Waals surface area (Å²) in [6, 6.07) is 0. The summed E-state index contributed by atoms with van der Waals surface area (Å²) in [6.07, 6.45) is 1.06. The smallest absolute Gasteiger partial charge is 0.243 e. The van der Waals surface area contributed by atoms with E-state index < -0.39 is 0 Å². The highest BCUT2D eigenvalue weighted by Gasteiger charge is 2.16. The quantitative estimate of drug-likeness (QED) is 0.344. The van der Waals surface area contributed by atoms with Gasteiger partial charge in [0.1, 0.15) is 11.6 Å². The number of hydrogen-bond acceptors (Lipinski definition) is 5. The van der Waals surface area contributed by atoms with Gasteiger partial charge in [-0.1, -0.05) is 13.8 Å². The Labute approximate surface area is 177 Å². The number of rotatable bonds is 7. The van der Waals surface area contributed by atoms with Gasteiger partial charge >= 0.3 is 0 Å². The van der Waals surface area contributed by atoms with Crippen molar-refractivity contribution in [3.63, 3.8) is 0 Å². The van der Waals surface area contributed by atoms with Crippen LogP contribution in [0.15, 0.2) is 10.4 Å². The highest BCUT2D eigenvalue weighted by molar-refractivity contribution is 14.0. The Balaban J connectivity index is 0.00000338. The summed E-state index contributed by atoms with van der Waals surface area (Å²) in [5, 5.41) is 9.71. The van der Waals surface area contributed by atoms with Crippen LogP contribution in [0.5, 0.6) is 0 Å². The van der Waals surface area contributed by atoms with Crippen molar-refractivity contribution in [1.82, 2.24) is 20.5 Å². The number of aromatic nitrogens is 1. The van der Waals surface area contributed by atoms with Gasteiger partial charge in [0.2, 0.25) is 5.91 Å². The Morgan fingerprint density at radius 3 is 2.81 bits per heavy atom. The van der Waals surface area contributed by atoms with Gasteiger partial charge in [-0.15, -0.1) is 35.3 Å². The van der Waals surface area contributed by atoms with Gasteiger partial charge in [-0.25, -0.2) is 9.98 Å². The maximum atomic E-state index is 11.8. The summed E-state index contributed by atoms with van der Waals surface area (Å²) in [6.45, 7) is 7.38. The molecule has 148 valence electrons. The number of thiazole rings is 1. The van der Waals surface area contributed by atoms with Crippen molar-refractivity contribution in [3.8, 4) is 0 Å². The third-order valence-corrected chi connectivity index (χ3v) is 4.89. The Morgan fingerprint density at radius 2 is 2.23 bits per heavy atom. The van der Waals surface area contributed by atoms with Crippen LogP contribution < -0.4 is 10.6 Å². The number of guanidine groups is 1. The van der Waals surface area contributed by atoms with Crippen LogP contribution >= 0.6 is 35.3 Å². The topological polar surface area (TPSA) is 78.9 Å². The lowest BCUT2D eigenvalue weighted by Gasteiger charge is -2.15. The predicted molar refractivity (Wildman–Crippen MR) is 116 cm³/mol. The van der Waals surface area contributed by atoms with Crippen molar-refractivity contribution in [1.29, 1.82) is 0 Å². The van der Waals surface area contributed by atoms with Gasteiger partial charge in [-0.05, 0) is 12.3 Å². The van der Waals surface area contributed by atoms with E-state index in [4.69, 9.17) is 4.74 Å². The molecule has 2 rings (SSSR count). The monoisotopic (exact) mass is 495 g/mol. The number of nitrogens with one attached hydrogen (secondary N) is 2. The molecule has 0 aromatic carbocycles. The first-order valence-electron chi connectivity index (χ1n) is 8.70. The molecule has 0 bridgehead atoms. The molecule has 0 radical (unpaired) electrons. The van der Waals surface area contributed by atoms with Crippen molar-refractivity contribution >= 4 is 47.2 Å². The Hall–Kier alpha value is -0.940. The zero-order chi connectivity index (χ0) is 18.2. The van der Waals surface area contributed by atoms with Crippen LogP contribution in [0.4, 0.5) is 0 Å². The molecule has 1 aliphatic rings. The molecule has 7 nitrogen and oxygen atoms in total. The van der Waals surface area contributed by atoms with E-state index in [1.165, 1.54) is 0 Å². The molecule has 0 saturated carbocycles. The number of likely N-dealkylation sites (N-methyl/N-ethyl adjacent to an activating group) is 1. The first-order valence-corrected chi connectivity index (χ1v) is 9.58. The van der Waals surface area contributed by atoms with Crippen LogP contribution in [0.2, 0.25) is 0 Å². The van der Waals surface area contributed by atoms with Crippen molar-refractivity contribution in [2.75, 3.05) is 40.4 Å². The van der Waals surface area contributed by atoms with E-state index in [1.54, 1.807) is 30.3 Å². The summed E-state index contributed by atoms with van der Waals surface area (Å²) in [4.78, 5) is 22.4. The van der Waals surface area contributed by atoms with Crippen LogP contribution in [-0.4, -0.2) is 62.1 Å². The van der Waals surface area contributed by atoms with E-state index in [-0.39, 0.29) is 36.4 Å². The summed E-state index contributed by atoms with van der Waals surface area (Å²) in [5.74, 6) is 1.53. The fourth-order valence-electron chi connectivity index (χ4n) is 2.28. The van der Waals surface area contributed by atoms with Gasteiger partial charge in [-0.3, -0.25) is 4.79 Å². The second-order valence-corrected chi connectivity index (χ2v) is 7.68. The molecule has 1 atom stereocenters. The lowest BCUT2D eigenvalue weighted by molar-refractivity contribution is -0.127. The van der Waals surface area contributed by atoms with Crippen LogP contribution in [0.3, 0.4) is 0 Å². The van der Waals surface area contributed by atoms with E-state index in [2.05, 4.69) is 39.8 Å². The number of aliphatic imine (C=N–C) groups is 1. The van der Waals surface area contributed by atoms with Gasteiger partial charge in [0.25, 0.3) is 0 Å². The maximum absolute atomic E-state index is 11.8. The molecule has 0 aliphatic carbocycles. The number of carbonyl (C=O) groups excluding carboxylic acids is 1. The molecule has 9 heteroatoms. The number of halogens is 1. The summed E-state index contributed by atoms with van der Waals surface area (Å²) < 4.78 is 5.40. The van der Waals surface area contributed by atoms with Crippen molar-refractivity contribution in [2.24, 2.45) is 10.9 Å². The van der Waals surface area contributed by atoms with E-state index in [0.29, 0.717) is 24.3 Å². The average Bonchev–Trinajstić information content (AvgIpc) is 3.25. The third-order valence-electron chi connectivity index (χ3n) is 4.02. The molecule has 1 unspecified atom stereocenters. The first-order chi connectivity index (χ1) is 12.0. The molecule has 1 aromatic heterocycles. The molecule has 1 aromatic rings. The van der Waals surface area contributed by atoms with Crippen LogP contribution in [0.1, 0.15) is 36.9 Å². The van der Waals surface area contributed by atoms with Crippen molar-refractivity contribution in [3.05, 3.63) is 16.1 Å². The first kappa shape index (κ1) is 23.1. The zero-order valence-corrected chi connectivity index (χ0v) is 19.1. The SMILES string of the molecule is CC(C)c1csc(CNC(=NCC(=O)N(C)C)NCC2CCOC2)n1.I. The van der Waals surface area contributed by atoms with Gasteiger partial charge in [0.15, 0.2) is 5.96 Å².